The van der Waals surface area contributed by atoms with Crippen LogP contribution in [-0.4, -0.2) is 15.9 Å². The molecule has 3 rings (SSSR count). The number of primary amides is 1. The van der Waals surface area contributed by atoms with Crippen LogP contribution in [0.5, 0.6) is 0 Å². The highest BCUT2D eigenvalue weighted by molar-refractivity contribution is 6.10. The van der Waals surface area contributed by atoms with Crippen LogP contribution >= 0.6 is 0 Å². The van der Waals surface area contributed by atoms with E-state index in [-0.39, 0.29) is 5.69 Å². The van der Waals surface area contributed by atoms with Crippen molar-refractivity contribution in [2.24, 2.45) is 5.73 Å². The first kappa shape index (κ1) is 8.84. The number of amides is 1. The van der Waals surface area contributed by atoms with E-state index in [2.05, 4.69) is 9.97 Å². The minimum atomic E-state index is -0.618. The van der Waals surface area contributed by atoms with Gasteiger partial charge in [-0.15, -0.1) is 0 Å². The average Bonchev–Trinajstić information content (AvgIpc) is 2.76. The van der Waals surface area contributed by atoms with Crippen LogP contribution in [0.4, 0.5) is 0 Å². The van der Waals surface area contributed by atoms with E-state index in [1.54, 1.807) is 6.07 Å². The Balaban J connectivity index is 2.58. The highest BCUT2D eigenvalue weighted by Crippen LogP contribution is 2.24. The number of oxazole rings is 1. The second-order valence-electron chi connectivity index (χ2n) is 3.37. The number of carbonyl (C=O) groups is 1. The zero-order chi connectivity index (χ0) is 11.1. The Hall–Kier alpha value is -2.43. The standard InChI is InChI=1S/C11H7N3O2/c12-11(15)9-10-8(13-5-16-10)6-3-1-2-4-7(6)14-9/h1-5H,(H2,12,15). The molecule has 1 amide bonds. The molecule has 5 nitrogen and oxygen atoms in total. The predicted octanol–water partition coefficient (Wildman–Crippen LogP) is 1.47. The largest absolute Gasteiger partial charge is 0.441 e. The van der Waals surface area contributed by atoms with Gasteiger partial charge in [0.15, 0.2) is 17.7 Å². The SMILES string of the molecule is NC(=O)c1nc2ccccc2c2ncoc12. The van der Waals surface area contributed by atoms with Crippen LogP contribution in [0.15, 0.2) is 35.1 Å². The number of nitrogens with two attached hydrogens (primary N) is 1. The van der Waals surface area contributed by atoms with E-state index in [9.17, 15) is 4.79 Å². The fourth-order valence-corrected chi connectivity index (χ4v) is 1.72. The quantitative estimate of drug-likeness (QED) is 0.663. The molecule has 0 unspecified atom stereocenters. The van der Waals surface area contributed by atoms with Crippen molar-refractivity contribution < 1.29 is 9.21 Å². The lowest BCUT2D eigenvalue weighted by Crippen LogP contribution is -2.13. The van der Waals surface area contributed by atoms with E-state index in [0.29, 0.717) is 16.6 Å². The van der Waals surface area contributed by atoms with Gasteiger partial charge in [0.05, 0.1) is 5.52 Å². The molecular weight excluding hydrogens is 206 g/mol. The first-order chi connectivity index (χ1) is 7.77. The summed E-state index contributed by atoms with van der Waals surface area (Å²) in [5.41, 5.74) is 6.99. The lowest BCUT2D eigenvalue weighted by Gasteiger charge is -2.00. The van der Waals surface area contributed by atoms with Crippen LogP contribution in [0, 0.1) is 0 Å². The molecule has 0 saturated carbocycles. The zero-order valence-corrected chi connectivity index (χ0v) is 8.18. The fraction of sp³-hybridized carbons (Fsp3) is 0. The van der Waals surface area contributed by atoms with E-state index < -0.39 is 5.91 Å². The Morgan fingerprint density at radius 2 is 2.12 bits per heavy atom. The van der Waals surface area contributed by atoms with Crippen molar-refractivity contribution in [1.29, 1.82) is 0 Å². The summed E-state index contributed by atoms with van der Waals surface area (Å²) in [5.74, 6) is -0.618. The Labute approximate surface area is 89.9 Å². The van der Waals surface area contributed by atoms with Gasteiger partial charge in [-0.25, -0.2) is 9.97 Å². The van der Waals surface area contributed by atoms with Crippen LogP contribution in [0.3, 0.4) is 0 Å². The van der Waals surface area contributed by atoms with Crippen molar-refractivity contribution >= 4 is 27.9 Å². The topological polar surface area (TPSA) is 82.0 Å². The summed E-state index contributed by atoms with van der Waals surface area (Å²) in [6.45, 7) is 0. The molecule has 0 bridgehead atoms. The smallest absolute Gasteiger partial charge is 0.271 e. The number of aromatic nitrogens is 2. The van der Waals surface area contributed by atoms with E-state index in [4.69, 9.17) is 10.2 Å². The van der Waals surface area contributed by atoms with Gasteiger partial charge in [-0.2, -0.15) is 0 Å². The first-order valence-corrected chi connectivity index (χ1v) is 4.69. The molecule has 5 heteroatoms. The van der Waals surface area contributed by atoms with Gasteiger partial charge in [-0.05, 0) is 6.07 Å². The van der Waals surface area contributed by atoms with Crippen LogP contribution in [0.2, 0.25) is 0 Å². The lowest BCUT2D eigenvalue weighted by atomic mass is 10.1. The van der Waals surface area contributed by atoms with E-state index in [1.165, 1.54) is 6.39 Å². The maximum absolute atomic E-state index is 11.2. The third kappa shape index (κ3) is 1.08. The van der Waals surface area contributed by atoms with E-state index in [1.807, 2.05) is 18.2 Å². The molecule has 2 heterocycles. The Kier molecular flexibility index (Phi) is 1.67. The third-order valence-electron chi connectivity index (χ3n) is 2.41. The highest BCUT2D eigenvalue weighted by Gasteiger charge is 2.15. The predicted molar refractivity (Wildman–Crippen MR) is 57.8 cm³/mol. The van der Waals surface area contributed by atoms with Crippen molar-refractivity contribution in [3.63, 3.8) is 0 Å². The third-order valence-corrected chi connectivity index (χ3v) is 2.41. The van der Waals surface area contributed by atoms with E-state index in [0.717, 1.165) is 5.39 Å². The number of nitrogens with zero attached hydrogens (tertiary/aromatic N) is 2. The molecule has 0 aliphatic rings. The number of rotatable bonds is 1. The number of benzene rings is 1. The number of para-hydroxylation sites is 1. The van der Waals surface area contributed by atoms with Gasteiger partial charge >= 0.3 is 0 Å². The highest BCUT2D eigenvalue weighted by atomic mass is 16.3. The van der Waals surface area contributed by atoms with Crippen LogP contribution in [0.25, 0.3) is 22.0 Å². The lowest BCUT2D eigenvalue weighted by molar-refractivity contribution is 0.0996. The molecule has 2 aromatic heterocycles. The molecule has 0 saturated heterocycles. The second-order valence-corrected chi connectivity index (χ2v) is 3.37. The second kappa shape index (κ2) is 3.03. The zero-order valence-electron chi connectivity index (χ0n) is 8.18. The minimum Gasteiger partial charge on any atom is -0.441 e. The first-order valence-electron chi connectivity index (χ1n) is 4.69. The number of carbonyl (C=O) groups excluding carboxylic acids is 1. The number of fused-ring (bicyclic) bond motifs is 3. The van der Waals surface area contributed by atoms with Gasteiger partial charge in [0.2, 0.25) is 0 Å². The summed E-state index contributed by atoms with van der Waals surface area (Å²) in [6, 6.07) is 7.39. The molecule has 0 radical (unpaired) electrons. The molecule has 1 aromatic carbocycles. The van der Waals surface area contributed by atoms with E-state index >= 15 is 0 Å². The summed E-state index contributed by atoms with van der Waals surface area (Å²) in [6.07, 6.45) is 1.28. The molecule has 16 heavy (non-hydrogen) atoms. The van der Waals surface area contributed by atoms with Gasteiger partial charge in [0, 0.05) is 5.39 Å². The molecule has 0 atom stereocenters. The Morgan fingerprint density at radius 3 is 2.94 bits per heavy atom. The van der Waals surface area contributed by atoms with Crippen LogP contribution in [-0.2, 0) is 0 Å². The molecule has 78 valence electrons. The van der Waals surface area contributed by atoms with Gasteiger partial charge in [0.25, 0.3) is 5.91 Å². The molecule has 0 aliphatic heterocycles. The van der Waals surface area contributed by atoms with Crippen molar-refractivity contribution in [2.75, 3.05) is 0 Å². The molecule has 0 spiro atoms. The maximum Gasteiger partial charge on any atom is 0.271 e. The Morgan fingerprint density at radius 1 is 1.31 bits per heavy atom. The Bertz CT molecular complexity index is 703. The average molecular weight is 213 g/mol. The fourth-order valence-electron chi connectivity index (χ4n) is 1.72. The van der Waals surface area contributed by atoms with Gasteiger partial charge in [-0.1, -0.05) is 18.2 Å². The van der Waals surface area contributed by atoms with Gasteiger partial charge < -0.3 is 10.2 Å². The minimum absolute atomic E-state index is 0.117. The summed E-state index contributed by atoms with van der Waals surface area (Å²) in [7, 11) is 0. The van der Waals surface area contributed by atoms with Crippen molar-refractivity contribution in [3.8, 4) is 0 Å². The summed E-state index contributed by atoms with van der Waals surface area (Å²) >= 11 is 0. The molecule has 0 aliphatic carbocycles. The van der Waals surface area contributed by atoms with Crippen molar-refractivity contribution in [2.45, 2.75) is 0 Å². The number of hydrogen-bond acceptors (Lipinski definition) is 4. The summed E-state index contributed by atoms with van der Waals surface area (Å²) < 4.78 is 5.14. The van der Waals surface area contributed by atoms with Gasteiger partial charge in [0.1, 0.15) is 5.52 Å². The molecular formula is C11H7N3O2. The monoisotopic (exact) mass is 213 g/mol. The van der Waals surface area contributed by atoms with Crippen LogP contribution < -0.4 is 5.73 Å². The maximum atomic E-state index is 11.2. The summed E-state index contributed by atoms with van der Waals surface area (Å²) in [5, 5.41) is 0.844. The van der Waals surface area contributed by atoms with Crippen LogP contribution in [0.1, 0.15) is 10.5 Å². The molecule has 0 fully saturated rings. The normalized spacial score (nSPS) is 11.0. The van der Waals surface area contributed by atoms with Crippen molar-refractivity contribution in [1.82, 2.24) is 9.97 Å². The number of pyridine rings is 1. The van der Waals surface area contributed by atoms with Gasteiger partial charge in [-0.3, -0.25) is 4.79 Å². The molecule has 2 N–H and O–H groups in total. The number of hydrogen-bond donors (Lipinski definition) is 1. The summed E-state index contributed by atoms with van der Waals surface area (Å²) in [4.78, 5) is 19.5. The molecule has 3 aromatic rings. The van der Waals surface area contributed by atoms with Crippen molar-refractivity contribution in [3.05, 3.63) is 36.4 Å².